The van der Waals surface area contributed by atoms with Crippen LogP contribution in [-0.2, 0) is 11.3 Å². The number of ether oxygens (including phenoxy) is 1. The number of carbonyl (C=O) groups excluding carboxylic acids is 1. The number of alkyl halides is 3. The number of benzene rings is 1. The molecule has 0 aliphatic carbocycles. The van der Waals surface area contributed by atoms with Crippen LogP contribution in [0.15, 0.2) is 42.7 Å². The van der Waals surface area contributed by atoms with E-state index < -0.39 is 24.5 Å². The van der Waals surface area contributed by atoms with Crippen LogP contribution in [0.5, 0.6) is 0 Å². The number of rotatable bonds is 7. The van der Waals surface area contributed by atoms with Crippen LogP contribution in [0, 0.1) is 12.8 Å². The first-order valence-electron chi connectivity index (χ1n) is 13.4. The monoisotopic (exact) mass is 558 g/mol. The molecule has 5 rings (SSSR count). The van der Waals surface area contributed by atoms with Crippen LogP contribution < -0.4 is 10.2 Å². The van der Waals surface area contributed by atoms with Gasteiger partial charge in [-0.1, -0.05) is 6.07 Å². The van der Waals surface area contributed by atoms with Crippen LogP contribution in [-0.4, -0.2) is 83.0 Å². The van der Waals surface area contributed by atoms with Crippen molar-refractivity contribution < 1.29 is 27.8 Å². The van der Waals surface area contributed by atoms with Crippen LogP contribution in [0.2, 0.25) is 0 Å². The molecule has 2 aromatic heterocycles. The normalized spacial score (nSPS) is 17.9. The van der Waals surface area contributed by atoms with Gasteiger partial charge in [-0.05, 0) is 60.2 Å². The fourth-order valence-electron chi connectivity index (χ4n) is 5.22. The molecule has 1 aromatic carbocycles. The summed E-state index contributed by atoms with van der Waals surface area (Å²) in [5.41, 5.74) is 4.90. The molecule has 40 heavy (non-hydrogen) atoms. The molecule has 2 aliphatic rings. The maximum atomic E-state index is 12.9. The highest BCUT2D eigenvalue weighted by Crippen LogP contribution is 2.34. The second-order valence-electron chi connectivity index (χ2n) is 10.3. The smallest absolute Gasteiger partial charge is 0.389 e. The van der Waals surface area contributed by atoms with E-state index in [1.54, 1.807) is 16.9 Å². The van der Waals surface area contributed by atoms with Crippen LogP contribution in [0.4, 0.5) is 29.5 Å². The Morgan fingerprint density at radius 3 is 2.70 bits per heavy atom. The van der Waals surface area contributed by atoms with Crippen molar-refractivity contribution in [2.24, 2.45) is 5.92 Å². The van der Waals surface area contributed by atoms with Crippen LogP contribution in [0.25, 0.3) is 22.4 Å². The minimum absolute atomic E-state index is 0.0221. The number of aryl methyl sites for hydroxylation is 1. The number of halogens is 3. The minimum Gasteiger partial charge on any atom is -0.394 e. The van der Waals surface area contributed by atoms with Gasteiger partial charge in [0.05, 0.1) is 38.3 Å². The van der Waals surface area contributed by atoms with E-state index in [0.29, 0.717) is 51.5 Å². The third-order valence-corrected chi connectivity index (χ3v) is 7.30. The van der Waals surface area contributed by atoms with Gasteiger partial charge in [0.2, 0.25) is 0 Å². The Morgan fingerprint density at radius 2 is 1.95 bits per heavy atom. The van der Waals surface area contributed by atoms with Crippen molar-refractivity contribution in [3.8, 4) is 22.4 Å². The number of likely N-dealkylation sites (tertiary alicyclic amines) is 1. The summed E-state index contributed by atoms with van der Waals surface area (Å²) < 4.78 is 45.6. The number of aliphatic hydroxyl groups is 1. The van der Waals surface area contributed by atoms with Crippen molar-refractivity contribution in [3.63, 3.8) is 0 Å². The Hall–Kier alpha value is -3.64. The summed E-state index contributed by atoms with van der Waals surface area (Å²) in [6.07, 6.45) is -1.21. The highest BCUT2D eigenvalue weighted by atomic mass is 19.4. The standard InChI is InChI=1S/C28H33F3N6O3/c1-19-2-3-23(33-27(39)36-5-4-20(17-36)15-28(29,30)31)14-24(19)21-12-25(22-16-32-37(18-22)6-9-38)34-26(13-21)35-7-10-40-11-8-35/h2-3,12-14,16,18,20,38H,4-11,15,17H2,1H3,(H,33,39). The summed E-state index contributed by atoms with van der Waals surface area (Å²) in [7, 11) is 0. The van der Waals surface area contributed by atoms with Crippen molar-refractivity contribution in [1.29, 1.82) is 0 Å². The van der Waals surface area contributed by atoms with Crippen LogP contribution in [0.1, 0.15) is 18.4 Å². The second kappa shape index (κ2) is 11.8. The number of nitrogens with one attached hydrogen (secondary N) is 1. The predicted molar refractivity (Wildman–Crippen MR) is 145 cm³/mol. The molecule has 2 N–H and O–H groups in total. The number of aromatic nitrogens is 3. The van der Waals surface area contributed by atoms with E-state index in [4.69, 9.17) is 9.72 Å². The van der Waals surface area contributed by atoms with E-state index in [-0.39, 0.29) is 13.2 Å². The topological polar surface area (TPSA) is 95.8 Å². The number of amides is 2. The van der Waals surface area contributed by atoms with Gasteiger partial charge in [-0.3, -0.25) is 4.68 Å². The first-order chi connectivity index (χ1) is 19.2. The molecule has 214 valence electrons. The van der Waals surface area contributed by atoms with Gasteiger partial charge in [0.15, 0.2) is 0 Å². The van der Waals surface area contributed by atoms with E-state index in [1.165, 1.54) is 4.90 Å². The van der Waals surface area contributed by atoms with Gasteiger partial charge in [-0.15, -0.1) is 0 Å². The fourth-order valence-corrected chi connectivity index (χ4v) is 5.22. The molecule has 0 spiro atoms. The largest absolute Gasteiger partial charge is 0.394 e. The number of pyridine rings is 1. The summed E-state index contributed by atoms with van der Waals surface area (Å²) in [5, 5.41) is 16.5. The molecular formula is C28H33F3N6O3. The average molecular weight is 559 g/mol. The molecule has 0 bridgehead atoms. The fraction of sp³-hybridized carbons (Fsp3) is 0.464. The summed E-state index contributed by atoms with van der Waals surface area (Å²) >= 11 is 0. The van der Waals surface area contributed by atoms with Gasteiger partial charge in [-0.25, -0.2) is 9.78 Å². The average Bonchev–Trinajstić information content (AvgIpc) is 3.59. The zero-order valence-corrected chi connectivity index (χ0v) is 22.3. The highest BCUT2D eigenvalue weighted by molar-refractivity contribution is 5.91. The first-order valence-corrected chi connectivity index (χ1v) is 13.4. The van der Waals surface area contributed by atoms with Crippen molar-refractivity contribution in [1.82, 2.24) is 19.7 Å². The molecule has 2 fully saturated rings. The van der Waals surface area contributed by atoms with Gasteiger partial charge in [0, 0.05) is 50.0 Å². The van der Waals surface area contributed by atoms with E-state index in [9.17, 15) is 23.1 Å². The second-order valence-corrected chi connectivity index (χ2v) is 10.3. The van der Waals surface area contributed by atoms with E-state index in [2.05, 4.69) is 15.3 Å². The number of urea groups is 1. The third-order valence-electron chi connectivity index (χ3n) is 7.30. The quantitative estimate of drug-likeness (QED) is 0.442. The molecular weight excluding hydrogens is 525 g/mol. The summed E-state index contributed by atoms with van der Waals surface area (Å²) in [6.45, 7) is 5.36. The lowest BCUT2D eigenvalue weighted by Gasteiger charge is -2.28. The van der Waals surface area contributed by atoms with E-state index >= 15 is 0 Å². The zero-order chi connectivity index (χ0) is 28.3. The van der Waals surface area contributed by atoms with Crippen molar-refractivity contribution in [3.05, 3.63) is 48.3 Å². The number of carbonyl (C=O) groups is 1. The van der Waals surface area contributed by atoms with E-state index in [1.807, 2.05) is 37.4 Å². The highest BCUT2D eigenvalue weighted by Gasteiger charge is 2.36. The Morgan fingerprint density at radius 1 is 1.15 bits per heavy atom. The zero-order valence-electron chi connectivity index (χ0n) is 22.3. The SMILES string of the molecule is Cc1ccc(NC(=O)N2CCC(CC(F)(F)F)C2)cc1-c1cc(-c2cnn(CCO)c2)nc(N2CCOCC2)c1. The number of morpholine rings is 1. The number of hydrogen-bond donors (Lipinski definition) is 2. The molecule has 1 unspecified atom stereocenters. The maximum Gasteiger partial charge on any atom is 0.389 e. The summed E-state index contributed by atoms with van der Waals surface area (Å²) in [6, 6.07) is 9.18. The van der Waals surface area contributed by atoms with Crippen molar-refractivity contribution >= 4 is 17.5 Å². The lowest BCUT2D eigenvalue weighted by Crippen LogP contribution is -2.36. The summed E-state index contributed by atoms with van der Waals surface area (Å²) in [5.74, 6) is 0.224. The van der Waals surface area contributed by atoms with Crippen molar-refractivity contribution in [2.75, 3.05) is 56.2 Å². The number of aliphatic hydroxyl groups excluding tert-OH is 1. The number of nitrogens with zero attached hydrogens (tertiary/aromatic N) is 5. The maximum absolute atomic E-state index is 12.9. The lowest BCUT2D eigenvalue weighted by atomic mass is 9.98. The lowest BCUT2D eigenvalue weighted by molar-refractivity contribution is -0.143. The Labute approximate surface area is 230 Å². The molecule has 0 radical (unpaired) electrons. The van der Waals surface area contributed by atoms with E-state index in [0.717, 1.165) is 33.8 Å². The molecule has 12 heteroatoms. The molecule has 2 saturated heterocycles. The first kappa shape index (κ1) is 27.9. The summed E-state index contributed by atoms with van der Waals surface area (Å²) in [4.78, 5) is 21.4. The molecule has 3 aromatic rings. The minimum atomic E-state index is -4.23. The molecule has 9 nitrogen and oxygen atoms in total. The Balaban J connectivity index is 1.41. The predicted octanol–water partition coefficient (Wildman–Crippen LogP) is 4.56. The molecule has 0 saturated carbocycles. The van der Waals surface area contributed by atoms with Gasteiger partial charge >= 0.3 is 12.2 Å². The molecule has 2 amide bonds. The third kappa shape index (κ3) is 6.73. The Kier molecular flexibility index (Phi) is 8.27. The van der Waals surface area contributed by atoms with Crippen molar-refractivity contribution in [2.45, 2.75) is 32.5 Å². The number of anilines is 2. The number of hydrogen-bond acceptors (Lipinski definition) is 6. The molecule has 4 heterocycles. The van der Waals surface area contributed by atoms with Crippen LogP contribution in [0.3, 0.4) is 0 Å². The van der Waals surface area contributed by atoms with Gasteiger partial charge in [0.1, 0.15) is 5.82 Å². The van der Waals surface area contributed by atoms with Gasteiger partial charge in [-0.2, -0.15) is 18.3 Å². The van der Waals surface area contributed by atoms with Gasteiger partial charge < -0.3 is 25.0 Å². The van der Waals surface area contributed by atoms with Gasteiger partial charge in [0.25, 0.3) is 0 Å². The molecule has 2 aliphatic heterocycles. The Bertz CT molecular complexity index is 1340. The molecule has 1 atom stereocenters. The van der Waals surface area contributed by atoms with Crippen LogP contribution >= 0.6 is 0 Å².